The molecule has 18 heavy (non-hydrogen) atoms. The van der Waals surface area contributed by atoms with Gasteiger partial charge in [-0.2, -0.15) is 0 Å². The van der Waals surface area contributed by atoms with Crippen LogP contribution >= 0.6 is 0 Å². The molecule has 0 spiro atoms. The summed E-state index contributed by atoms with van der Waals surface area (Å²) in [5, 5.41) is 3.24. The average Bonchev–Trinajstić information content (AvgIpc) is 2.40. The Bertz CT molecular complexity index is 389. The van der Waals surface area contributed by atoms with Crippen LogP contribution in [0.1, 0.15) is 11.9 Å². The summed E-state index contributed by atoms with van der Waals surface area (Å²) in [6.45, 7) is 3.19. The van der Waals surface area contributed by atoms with Crippen LogP contribution in [0.5, 0.6) is 0 Å². The number of hydrogen-bond acceptors (Lipinski definition) is 5. The van der Waals surface area contributed by atoms with Gasteiger partial charge >= 0.3 is 0 Å². The number of hydrogen-bond donors (Lipinski definition) is 1. The summed E-state index contributed by atoms with van der Waals surface area (Å²) in [5.41, 5.74) is 0. The standard InChI is InChI=1S/C12H19N5O/c1-16(2)10(11-14-4-3-5-15-11)12(18)17-8-6-13-7-9-17/h3-5,10,13H,6-9H2,1-2H3. The number of nitrogens with zero attached hydrogens (tertiary/aromatic N) is 4. The van der Waals surface area contributed by atoms with E-state index in [1.807, 2.05) is 23.9 Å². The van der Waals surface area contributed by atoms with Crippen LogP contribution in [-0.2, 0) is 4.79 Å². The first-order valence-corrected chi connectivity index (χ1v) is 6.13. The van der Waals surface area contributed by atoms with Crippen molar-refractivity contribution in [2.45, 2.75) is 6.04 Å². The van der Waals surface area contributed by atoms with Crippen LogP contribution in [-0.4, -0.2) is 65.9 Å². The molecule has 1 aromatic heterocycles. The van der Waals surface area contributed by atoms with E-state index < -0.39 is 6.04 Å². The Balaban J connectivity index is 2.17. The lowest BCUT2D eigenvalue weighted by atomic mass is 10.2. The van der Waals surface area contributed by atoms with Crippen molar-refractivity contribution in [3.63, 3.8) is 0 Å². The molecular formula is C12H19N5O. The summed E-state index contributed by atoms with van der Waals surface area (Å²) in [7, 11) is 3.75. The quantitative estimate of drug-likeness (QED) is 0.783. The van der Waals surface area contributed by atoms with Gasteiger partial charge in [-0.15, -0.1) is 0 Å². The summed E-state index contributed by atoms with van der Waals surface area (Å²) in [6.07, 6.45) is 3.34. The van der Waals surface area contributed by atoms with E-state index in [1.54, 1.807) is 18.5 Å². The molecule has 1 amide bonds. The van der Waals surface area contributed by atoms with Gasteiger partial charge in [-0.25, -0.2) is 9.97 Å². The summed E-state index contributed by atoms with van der Waals surface area (Å²) in [6, 6.07) is 1.36. The van der Waals surface area contributed by atoms with Crippen LogP contribution in [0.4, 0.5) is 0 Å². The smallest absolute Gasteiger partial charge is 0.247 e. The summed E-state index contributed by atoms with van der Waals surface area (Å²) in [4.78, 5) is 24.7. The van der Waals surface area contributed by atoms with Crippen LogP contribution in [0.25, 0.3) is 0 Å². The normalized spacial score (nSPS) is 17.8. The highest BCUT2D eigenvalue weighted by atomic mass is 16.2. The topological polar surface area (TPSA) is 61.4 Å². The van der Waals surface area contributed by atoms with Gasteiger partial charge in [0.1, 0.15) is 6.04 Å². The van der Waals surface area contributed by atoms with Gasteiger partial charge in [0.2, 0.25) is 5.91 Å². The van der Waals surface area contributed by atoms with E-state index in [4.69, 9.17) is 0 Å². The van der Waals surface area contributed by atoms with E-state index in [2.05, 4.69) is 15.3 Å². The fraction of sp³-hybridized carbons (Fsp3) is 0.583. The van der Waals surface area contributed by atoms with Gasteiger partial charge < -0.3 is 10.2 Å². The molecule has 1 aromatic rings. The van der Waals surface area contributed by atoms with Gasteiger partial charge in [-0.1, -0.05) is 0 Å². The molecular weight excluding hydrogens is 230 g/mol. The first-order chi connectivity index (χ1) is 8.70. The second-order valence-corrected chi connectivity index (χ2v) is 4.55. The monoisotopic (exact) mass is 249 g/mol. The van der Waals surface area contributed by atoms with Crippen LogP contribution in [0.2, 0.25) is 0 Å². The molecule has 1 N–H and O–H groups in total. The van der Waals surface area contributed by atoms with Crippen molar-refractivity contribution in [3.05, 3.63) is 24.3 Å². The highest BCUT2D eigenvalue weighted by Crippen LogP contribution is 2.17. The number of amides is 1. The Kier molecular flexibility index (Phi) is 4.22. The SMILES string of the molecule is CN(C)C(C(=O)N1CCNCC1)c1ncccn1. The maximum absolute atomic E-state index is 12.5. The predicted octanol–water partition coefficient (Wildman–Crippen LogP) is -0.489. The van der Waals surface area contributed by atoms with Crippen LogP contribution in [0.15, 0.2) is 18.5 Å². The molecule has 1 aliphatic rings. The van der Waals surface area contributed by atoms with Crippen molar-refractivity contribution >= 4 is 5.91 Å². The van der Waals surface area contributed by atoms with Gasteiger partial charge in [0, 0.05) is 38.6 Å². The van der Waals surface area contributed by atoms with Crippen molar-refractivity contribution < 1.29 is 4.79 Å². The van der Waals surface area contributed by atoms with Crippen LogP contribution < -0.4 is 5.32 Å². The molecule has 0 aromatic carbocycles. The zero-order valence-corrected chi connectivity index (χ0v) is 10.8. The van der Waals surface area contributed by atoms with E-state index in [1.165, 1.54) is 0 Å². The predicted molar refractivity (Wildman–Crippen MR) is 67.9 cm³/mol. The number of nitrogens with one attached hydrogen (secondary N) is 1. The molecule has 2 rings (SSSR count). The molecule has 0 radical (unpaired) electrons. The van der Waals surface area contributed by atoms with Gasteiger partial charge in [0.15, 0.2) is 5.82 Å². The number of carbonyl (C=O) groups excluding carboxylic acids is 1. The summed E-state index contributed by atoms with van der Waals surface area (Å²) in [5.74, 6) is 0.638. The van der Waals surface area contributed by atoms with Gasteiger partial charge in [0.05, 0.1) is 0 Å². The fourth-order valence-corrected chi connectivity index (χ4v) is 2.07. The van der Waals surface area contributed by atoms with Crippen LogP contribution in [0.3, 0.4) is 0 Å². The molecule has 98 valence electrons. The second-order valence-electron chi connectivity index (χ2n) is 4.55. The number of piperazine rings is 1. The largest absolute Gasteiger partial charge is 0.338 e. The van der Waals surface area contributed by atoms with Crippen molar-refractivity contribution in [1.29, 1.82) is 0 Å². The van der Waals surface area contributed by atoms with E-state index in [0.29, 0.717) is 5.82 Å². The summed E-state index contributed by atoms with van der Waals surface area (Å²) >= 11 is 0. The number of carbonyl (C=O) groups is 1. The number of rotatable bonds is 3. The molecule has 2 heterocycles. The van der Waals surface area contributed by atoms with Crippen molar-refractivity contribution in [2.24, 2.45) is 0 Å². The minimum absolute atomic E-state index is 0.0766. The molecule has 0 bridgehead atoms. The lowest BCUT2D eigenvalue weighted by Gasteiger charge is -2.32. The zero-order valence-electron chi connectivity index (χ0n) is 10.8. The molecule has 0 saturated carbocycles. The Morgan fingerprint density at radius 3 is 2.50 bits per heavy atom. The van der Waals surface area contributed by atoms with E-state index in [-0.39, 0.29) is 5.91 Å². The molecule has 1 saturated heterocycles. The molecule has 1 aliphatic heterocycles. The van der Waals surface area contributed by atoms with E-state index >= 15 is 0 Å². The van der Waals surface area contributed by atoms with Crippen molar-refractivity contribution in [3.8, 4) is 0 Å². The maximum atomic E-state index is 12.5. The minimum atomic E-state index is -0.399. The number of aromatic nitrogens is 2. The molecule has 1 atom stereocenters. The first kappa shape index (κ1) is 12.9. The first-order valence-electron chi connectivity index (χ1n) is 6.13. The lowest BCUT2D eigenvalue weighted by Crippen LogP contribution is -2.50. The third kappa shape index (κ3) is 2.83. The van der Waals surface area contributed by atoms with Gasteiger partial charge in [-0.3, -0.25) is 9.69 Å². The van der Waals surface area contributed by atoms with Gasteiger partial charge in [0.25, 0.3) is 0 Å². The third-order valence-corrected chi connectivity index (χ3v) is 3.01. The Labute approximate surface area is 107 Å². The average molecular weight is 249 g/mol. The molecule has 6 nitrogen and oxygen atoms in total. The zero-order chi connectivity index (χ0) is 13.0. The van der Waals surface area contributed by atoms with E-state index in [0.717, 1.165) is 26.2 Å². The molecule has 1 unspecified atom stereocenters. The lowest BCUT2D eigenvalue weighted by molar-refractivity contribution is -0.137. The Hall–Kier alpha value is -1.53. The maximum Gasteiger partial charge on any atom is 0.247 e. The van der Waals surface area contributed by atoms with Crippen molar-refractivity contribution in [1.82, 2.24) is 25.1 Å². The minimum Gasteiger partial charge on any atom is -0.338 e. The van der Waals surface area contributed by atoms with Gasteiger partial charge in [-0.05, 0) is 20.2 Å². The van der Waals surface area contributed by atoms with Crippen LogP contribution in [0, 0.1) is 0 Å². The number of likely N-dealkylation sites (N-methyl/N-ethyl adjacent to an activating group) is 1. The fourth-order valence-electron chi connectivity index (χ4n) is 2.07. The third-order valence-electron chi connectivity index (χ3n) is 3.01. The second kappa shape index (κ2) is 5.88. The summed E-state index contributed by atoms with van der Waals surface area (Å²) < 4.78 is 0. The van der Waals surface area contributed by atoms with Crippen molar-refractivity contribution in [2.75, 3.05) is 40.3 Å². The molecule has 6 heteroatoms. The highest BCUT2D eigenvalue weighted by molar-refractivity contribution is 5.82. The molecule has 0 aliphatic carbocycles. The van der Waals surface area contributed by atoms with E-state index in [9.17, 15) is 4.79 Å². The molecule has 1 fully saturated rings. The highest BCUT2D eigenvalue weighted by Gasteiger charge is 2.30. The Morgan fingerprint density at radius 1 is 1.33 bits per heavy atom. The Morgan fingerprint density at radius 2 is 1.94 bits per heavy atom.